The van der Waals surface area contributed by atoms with E-state index < -0.39 is 5.97 Å². The SMILES string of the molecule is CCOC(=O)CC(=O)CSc1nc2c(sc(=S)n2-c2ccc(C)cc2C)c(=O)n1-c1ccccc1. The number of ether oxygens (including phenoxy) is 1. The predicted octanol–water partition coefficient (Wildman–Crippen LogP) is 5.20. The van der Waals surface area contributed by atoms with E-state index in [0.717, 1.165) is 28.6 Å². The Bertz CT molecular complexity index is 1540. The van der Waals surface area contributed by atoms with Gasteiger partial charge in [-0.3, -0.25) is 23.5 Å². The highest BCUT2D eigenvalue weighted by atomic mass is 32.2. The van der Waals surface area contributed by atoms with Crippen molar-refractivity contribution in [2.24, 2.45) is 0 Å². The van der Waals surface area contributed by atoms with Gasteiger partial charge < -0.3 is 4.74 Å². The van der Waals surface area contributed by atoms with Crippen molar-refractivity contribution in [1.82, 2.24) is 14.1 Å². The molecule has 2 aromatic heterocycles. The van der Waals surface area contributed by atoms with Gasteiger partial charge in [-0.15, -0.1) is 0 Å². The van der Waals surface area contributed by atoms with Crippen LogP contribution in [0.5, 0.6) is 0 Å². The highest BCUT2D eigenvalue weighted by Gasteiger charge is 2.21. The van der Waals surface area contributed by atoms with E-state index in [-0.39, 0.29) is 30.1 Å². The van der Waals surface area contributed by atoms with E-state index in [1.54, 1.807) is 19.1 Å². The number of hydrogen-bond acceptors (Lipinski definition) is 8. The Morgan fingerprint density at radius 1 is 1.11 bits per heavy atom. The zero-order valence-electron chi connectivity index (χ0n) is 19.4. The summed E-state index contributed by atoms with van der Waals surface area (Å²) < 4.78 is 9.11. The Balaban J connectivity index is 1.86. The maximum Gasteiger partial charge on any atom is 0.313 e. The highest BCUT2D eigenvalue weighted by Crippen LogP contribution is 2.29. The number of aromatic nitrogens is 3. The van der Waals surface area contributed by atoms with Gasteiger partial charge in [0.05, 0.1) is 23.7 Å². The van der Waals surface area contributed by atoms with Crippen LogP contribution in [-0.4, -0.2) is 38.2 Å². The molecule has 10 heteroatoms. The number of para-hydroxylation sites is 1. The van der Waals surface area contributed by atoms with Crippen LogP contribution in [0.2, 0.25) is 0 Å². The maximum absolute atomic E-state index is 13.7. The van der Waals surface area contributed by atoms with Gasteiger partial charge in [-0.1, -0.05) is 59.0 Å². The third-order valence-electron chi connectivity index (χ3n) is 5.19. The van der Waals surface area contributed by atoms with Gasteiger partial charge in [-0.25, -0.2) is 4.98 Å². The molecule has 35 heavy (non-hydrogen) atoms. The number of carbonyl (C=O) groups is 2. The second-order valence-corrected chi connectivity index (χ2v) is 10.4. The molecule has 0 atom stereocenters. The summed E-state index contributed by atoms with van der Waals surface area (Å²) in [7, 11) is 0. The minimum absolute atomic E-state index is 0.0297. The lowest BCUT2D eigenvalue weighted by molar-refractivity contribution is -0.145. The lowest BCUT2D eigenvalue weighted by Crippen LogP contribution is -2.22. The Morgan fingerprint density at radius 3 is 2.54 bits per heavy atom. The maximum atomic E-state index is 13.7. The first-order valence-corrected chi connectivity index (χ1v) is 13.1. The standard InChI is InChI=1S/C25H23N3O4S3/c1-4-32-20(30)13-18(29)14-34-24-26-22-21(23(31)27(24)17-8-6-5-7-9-17)35-25(33)28(22)19-11-10-15(2)12-16(19)3/h5-12H,4,13-14H2,1-3H3. The molecule has 4 rings (SSSR count). The monoisotopic (exact) mass is 525 g/mol. The second-order valence-electron chi connectivity index (χ2n) is 7.83. The van der Waals surface area contributed by atoms with Crippen LogP contribution in [0.4, 0.5) is 0 Å². The minimum atomic E-state index is -0.566. The number of hydrogen-bond donors (Lipinski definition) is 0. The molecule has 0 radical (unpaired) electrons. The summed E-state index contributed by atoms with van der Waals surface area (Å²) in [4.78, 5) is 42.6. The van der Waals surface area contributed by atoms with Gasteiger partial charge in [0.25, 0.3) is 5.56 Å². The van der Waals surface area contributed by atoms with Crippen LogP contribution < -0.4 is 5.56 Å². The van der Waals surface area contributed by atoms with Crippen molar-refractivity contribution in [2.75, 3.05) is 12.4 Å². The van der Waals surface area contributed by atoms with Crippen LogP contribution >= 0.6 is 35.3 Å². The third kappa shape index (κ3) is 5.29. The first kappa shape index (κ1) is 25.0. The Hall–Kier alpha value is -3.08. The van der Waals surface area contributed by atoms with Crippen molar-refractivity contribution in [3.63, 3.8) is 0 Å². The number of aryl methyl sites for hydroxylation is 2. The van der Waals surface area contributed by atoms with Gasteiger partial charge in [0.2, 0.25) is 0 Å². The van der Waals surface area contributed by atoms with Crippen LogP contribution in [0.3, 0.4) is 0 Å². The summed E-state index contributed by atoms with van der Waals surface area (Å²) in [6.45, 7) is 5.91. The topological polar surface area (TPSA) is 83.2 Å². The van der Waals surface area contributed by atoms with Crippen molar-refractivity contribution in [3.05, 3.63) is 74.0 Å². The predicted molar refractivity (Wildman–Crippen MR) is 142 cm³/mol. The molecule has 0 aliphatic carbocycles. The van der Waals surface area contributed by atoms with Gasteiger partial charge >= 0.3 is 5.97 Å². The van der Waals surface area contributed by atoms with Crippen LogP contribution in [0, 0.1) is 17.8 Å². The fourth-order valence-corrected chi connectivity index (χ4v) is 5.83. The highest BCUT2D eigenvalue weighted by molar-refractivity contribution is 7.99. The fraction of sp³-hybridized carbons (Fsp3) is 0.240. The van der Waals surface area contributed by atoms with E-state index >= 15 is 0 Å². The quantitative estimate of drug-likeness (QED) is 0.103. The molecule has 0 unspecified atom stereocenters. The molecule has 0 saturated carbocycles. The zero-order valence-corrected chi connectivity index (χ0v) is 21.9. The van der Waals surface area contributed by atoms with E-state index in [1.165, 1.54) is 15.9 Å². The molecule has 0 bridgehead atoms. The summed E-state index contributed by atoms with van der Waals surface area (Å²) >= 11 is 7.97. The number of benzene rings is 2. The molecule has 4 aromatic rings. The van der Waals surface area contributed by atoms with E-state index in [4.69, 9.17) is 21.9 Å². The largest absolute Gasteiger partial charge is 0.466 e. The summed E-state index contributed by atoms with van der Waals surface area (Å²) in [5, 5.41) is 0.345. The summed E-state index contributed by atoms with van der Waals surface area (Å²) in [5.74, 6) is -0.903. The first-order valence-electron chi connectivity index (χ1n) is 10.9. The van der Waals surface area contributed by atoms with Crippen LogP contribution in [0.1, 0.15) is 24.5 Å². The minimum Gasteiger partial charge on any atom is -0.466 e. The summed E-state index contributed by atoms with van der Waals surface area (Å²) in [6.07, 6.45) is -0.323. The molecule has 0 fully saturated rings. The van der Waals surface area contributed by atoms with Crippen LogP contribution in [0.25, 0.3) is 21.7 Å². The molecule has 0 saturated heterocycles. The molecular formula is C25H23N3O4S3. The number of fused-ring (bicyclic) bond motifs is 1. The zero-order chi connectivity index (χ0) is 25.1. The van der Waals surface area contributed by atoms with Crippen molar-refractivity contribution < 1.29 is 14.3 Å². The van der Waals surface area contributed by atoms with E-state index in [0.29, 0.717) is 25.1 Å². The molecule has 0 aliphatic rings. The Kier molecular flexibility index (Phi) is 7.63. The summed E-state index contributed by atoms with van der Waals surface area (Å²) in [5.41, 5.74) is 3.79. The Labute approximate surface area is 215 Å². The smallest absolute Gasteiger partial charge is 0.313 e. The van der Waals surface area contributed by atoms with E-state index in [2.05, 4.69) is 6.07 Å². The molecule has 0 amide bonds. The number of thiazole rings is 1. The van der Waals surface area contributed by atoms with Gasteiger partial charge in [0.1, 0.15) is 11.1 Å². The molecule has 2 heterocycles. The van der Waals surface area contributed by atoms with Gasteiger partial charge in [0.15, 0.2) is 20.5 Å². The van der Waals surface area contributed by atoms with Crippen molar-refractivity contribution >= 4 is 57.4 Å². The normalized spacial score (nSPS) is 11.1. The van der Waals surface area contributed by atoms with Crippen LogP contribution in [-0.2, 0) is 14.3 Å². The van der Waals surface area contributed by atoms with E-state index in [1.807, 2.05) is 48.7 Å². The van der Waals surface area contributed by atoms with Gasteiger partial charge in [-0.2, -0.15) is 0 Å². The fourth-order valence-electron chi connectivity index (χ4n) is 3.68. The van der Waals surface area contributed by atoms with Gasteiger partial charge in [-0.05, 0) is 56.8 Å². The number of nitrogens with zero attached hydrogens (tertiary/aromatic N) is 3. The number of esters is 1. The van der Waals surface area contributed by atoms with Crippen LogP contribution in [0.15, 0.2) is 58.5 Å². The second kappa shape index (κ2) is 10.7. The van der Waals surface area contributed by atoms with Crippen molar-refractivity contribution in [3.8, 4) is 11.4 Å². The van der Waals surface area contributed by atoms with E-state index in [9.17, 15) is 14.4 Å². The van der Waals surface area contributed by atoms with Gasteiger partial charge in [0, 0.05) is 0 Å². The lowest BCUT2D eigenvalue weighted by Gasteiger charge is -2.13. The number of thioether (sulfide) groups is 1. The number of carbonyl (C=O) groups excluding carboxylic acids is 2. The average molecular weight is 526 g/mol. The first-order chi connectivity index (χ1) is 16.8. The Morgan fingerprint density at radius 2 is 1.86 bits per heavy atom. The van der Waals surface area contributed by atoms with Crippen molar-refractivity contribution in [2.45, 2.75) is 32.3 Å². The molecule has 0 spiro atoms. The average Bonchev–Trinajstić information content (AvgIpc) is 3.14. The van der Waals surface area contributed by atoms with Crippen molar-refractivity contribution in [1.29, 1.82) is 0 Å². The lowest BCUT2D eigenvalue weighted by atomic mass is 10.1. The molecular weight excluding hydrogens is 502 g/mol. The number of Topliss-reactive ketones (excluding diaryl/α,β-unsaturated/α-hetero) is 1. The summed E-state index contributed by atoms with van der Waals surface area (Å²) in [6, 6.07) is 15.1. The number of ketones is 1. The third-order valence-corrected chi connectivity index (χ3v) is 7.54. The molecule has 180 valence electrons. The molecule has 0 N–H and O–H groups in total. The molecule has 0 aliphatic heterocycles. The number of rotatable bonds is 8. The molecule has 2 aromatic carbocycles. The molecule has 7 nitrogen and oxygen atoms in total.